The van der Waals surface area contributed by atoms with E-state index in [1.54, 1.807) is 37.8 Å². The molecule has 2 saturated carbocycles. The maximum Gasteiger partial charge on any atom is 0.411 e. The third-order valence-electron chi connectivity index (χ3n) is 7.83. The fraction of sp³-hybridized carbons (Fsp3) is 0.464. The van der Waals surface area contributed by atoms with Crippen molar-refractivity contribution >= 4 is 22.0 Å². The van der Waals surface area contributed by atoms with Gasteiger partial charge in [-0.3, -0.25) is 9.69 Å². The van der Waals surface area contributed by atoms with Crippen molar-refractivity contribution in [2.45, 2.75) is 68.7 Å². The number of amides is 2. The molecule has 2 aliphatic carbocycles. The van der Waals surface area contributed by atoms with Gasteiger partial charge in [-0.1, -0.05) is 24.3 Å². The lowest BCUT2D eigenvalue weighted by molar-refractivity contribution is -0.128. The van der Waals surface area contributed by atoms with Crippen LogP contribution >= 0.6 is 0 Å². The first-order valence-electron chi connectivity index (χ1n) is 12.9. The number of benzene rings is 2. The van der Waals surface area contributed by atoms with E-state index in [1.807, 2.05) is 6.07 Å². The summed E-state index contributed by atoms with van der Waals surface area (Å²) in [7, 11) is -3.91. The molecule has 2 aromatic rings. The van der Waals surface area contributed by atoms with Gasteiger partial charge in [0, 0.05) is 12.5 Å². The van der Waals surface area contributed by atoms with Gasteiger partial charge in [0.25, 0.3) is 0 Å². The first-order chi connectivity index (χ1) is 18.3. The molecule has 11 heteroatoms. The molecule has 3 aliphatic rings. The van der Waals surface area contributed by atoms with Gasteiger partial charge in [-0.25, -0.2) is 22.7 Å². The van der Waals surface area contributed by atoms with Crippen LogP contribution in [0, 0.1) is 34.9 Å². The molecule has 1 heterocycles. The Bertz CT molecular complexity index is 1480. The summed E-state index contributed by atoms with van der Waals surface area (Å²) in [5, 5.41) is 17.7. The number of likely N-dealkylation sites (tertiary alicyclic amines) is 1. The summed E-state index contributed by atoms with van der Waals surface area (Å²) >= 11 is 0. The lowest BCUT2D eigenvalue weighted by atomic mass is 9.95. The molecular formula is C28H31FN4O5S. The van der Waals surface area contributed by atoms with E-state index < -0.39 is 45.5 Å². The zero-order valence-electron chi connectivity index (χ0n) is 21.9. The predicted molar refractivity (Wildman–Crippen MR) is 140 cm³/mol. The standard InChI is InChI=1S/C28H31FN4O5S/c1-28(2,3)38-27(35)33-24-13-22(20-12-21(20)24)25(33)26(34)32-18(14-30)9-17-8-7-16(11-23(17)29)15-5-4-6-19(10-15)39(31,36)37/h4-8,10-11,18,20-22,24-25H,9,12-13H2,1-3H3,(H,32,34)(H2,31,36,37)/t18-,20+,21-,22+,24-,25-/m0/s1. The summed E-state index contributed by atoms with van der Waals surface area (Å²) in [4.78, 5) is 27.9. The van der Waals surface area contributed by atoms with Crippen molar-refractivity contribution in [3.63, 3.8) is 0 Å². The van der Waals surface area contributed by atoms with E-state index in [4.69, 9.17) is 9.88 Å². The second-order valence-electron chi connectivity index (χ2n) is 11.6. The number of primary sulfonamides is 1. The number of sulfonamides is 1. The van der Waals surface area contributed by atoms with Crippen molar-refractivity contribution in [1.29, 1.82) is 5.26 Å². The molecule has 0 unspecified atom stereocenters. The zero-order chi connectivity index (χ0) is 28.3. The predicted octanol–water partition coefficient (Wildman–Crippen LogP) is 3.33. The minimum absolute atomic E-state index is 0.0241. The summed E-state index contributed by atoms with van der Waals surface area (Å²) in [6, 6.07) is 10.5. The molecule has 1 saturated heterocycles. The van der Waals surface area contributed by atoms with Crippen molar-refractivity contribution in [1.82, 2.24) is 10.2 Å². The summed E-state index contributed by atoms with van der Waals surface area (Å²) in [6.07, 6.45) is 1.12. The quantitative estimate of drug-likeness (QED) is 0.561. The fourth-order valence-electron chi connectivity index (χ4n) is 6.13. The second kappa shape index (κ2) is 9.61. The minimum atomic E-state index is -3.91. The SMILES string of the molecule is CC(C)(C)OC(=O)N1[C@H](C(=O)N[C@H](C#N)Cc2ccc(-c3cccc(S(N)(=O)=O)c3)cc2F)[C@@H]2C[C@H]1[C@H]1C[C@@H]21. The van der Waals surface area contributed by atoms with Crippen LogP contribution < -0.4 is 10.5 Å². The van der Waals surface area contributed by atoms with Crippen molar-refractivity contribution in [2.24, 2.45) is 22.9 Å². The number of nitriles is 1. The third-order valence-corrected chi connectivity index (χ3v) is 8.74. The molecule has 2 aromatic carbocycles. The molecule has 2 bridgehead atoms. The number of carbonyl (C=O) groups is 2. The number of carbonyl (C=O) groups excluding carboxylic acids is 2. The number of nitrogens with one attached hydrogen (secondary N) is 1. The van der Waals surface area contributed by atoms with Gasteiger partial charge in [0.1, 0.15) is 23.5 Å². The van der Waals surface area contributed by atoms with Crippen molar-refractivity contribution in [3.05, 3.63) is 53.8 Å². The summed E-state index contributed by atoms with van der Waals surface area (Å²) < 4.78 is 44.0. The van der Waals surface area contributed by atoms with E-state index >= 15 is 4.39 Å². The maximum absolute atomic E-state index is 15.1. The Kier molecular flexibility index (Phi) is 6.67. The highest BCUT2D eigenvalue weighted by atomic mass is 32.2. The van der Waals surface area contributed by atoms with Crippen LogP contribution in [0.1, 0.15) is 39.2 Å². The monoisotopic (exact) mass is 554 g/mol. The average Bonchev–Trinajstić information content (AvgIpc) is 3.46. The van der Waals surface area contributed by atoms with Crippen LogP contribution in [0.15, 0.2) is 47.4 Å². The van der Waals surface area contributed by atoms with Crippen LogP contribution in [0.2, 0.25) is 0 Å². The van der Waals surface area contributed by atoms with Crippen LogP contribution in [0.3, 0.4) is 0 Å². The van der Waals surface area contributed by atoms with Crippen LogP contribution in [-0.2, 0) is 26.0 Å². The van der Waals surface area contributed by atoms with E-state index in [9.17, 15) is 23.3 Å². The number of ether oxygens (including phenoxy) is 1. The Labute approximate surface area is 227 Å². The van der Waals surface area contributed by atoms with Gasteiger partial charge in [-0.05, 0) is 86.3 Å². The molecule has 9 nitrogen and oxygen atoms in total. The molecule has 2 amide bonds. The highest BCUT2D eigenvalue weighted by Gasteiger charge is 2.67. The molecule has 3 N–H and O–H groups in total. The topological polar surface area (TPSA) is 143 Å². The number of nitrogens with zero attached hydrogens (tertiary/aromatic N) is 2. The third kappa shape index (κ3) is 5.36. The highest BCUT2D eigenvalue weighted by molar-refractivity contribution is 7.89. The lowest BCUT2D eigenvalue weighted by Gasteiger charge is -2.35. The van der Waals surface area contributed by atoms with Crippen molar-refractivity contribution in [3.8, 4) is 17.2 Å². The minimum Gasteiger partial charge on any atom is -0.444 e. The van der Waals surface area contributed by atoms with Gasteiger partial charge >= 0.3 is 6.09 Å². The normalized spacial score (nSPS) is 25.9. The van der Waals surface area contributed by atoms with Crippen LogP contribution in [0.4, 0.5) is 9.18 Å². The number of halogens is 1. The van der Waals surface area contributed by atoms with E-state index in [1.165, 1.54) is 30.3 Å². The van der Waals surface area contributed by atoms with Crippen LogP contribution in [0.5, 0.6) is 0 Å². The fourth-order valence-corrected chi connectivity index (χ4v) is 6.69. The van der Waals surface area contributed by atoms with Gasteiger partial charge in [-0.2, -0.15) is 5.26 Å². The molecule has 39 heavy (non-hydrogen) atoms. The van der Waals surface area contributed by atoms with Gasteiger partial charge in [-0.15, -0.1) is 0 Å². The Hall–Kier alpha value is -3.49. The molecule has 0 aromatic heterocycles. The maximum atomic E-state index is 15.1. The smallest absolute Gasteiger partial charge is 0.411 e. The number of nitrogens with two attached hydrogens (primary N) is 1. The van der Waals surface area contributed by atoms with Gasteiger partial charge in [0.15, 0.2) is 0 Å². The molecule has 1 aliphatic heterocycles. The van der Waals surface area contributed by atoms with E-state index in [2.05, 4.69) is 5.32 Å². The molecular weight excluding hydrogens is 523 g/mol. The average molecular weight is 555 g/mol. The largest absolute Gasteiger partial charge is 0.444 e. The number of rotatable bonds is 6. The first-order valence-corrected chi connectivity index (χ1v) is 14.4. The Morgan fingerprint density at radius 3 is 2.51 bits per heavy atom. The highest BCUT2D eigenvalue weighted by Crippen LogP contribution is 2.63. The Morgan fingerprint density at radius 1 is 1.15 bits per heavy atom. The molecule has 206 valence electrons. The van der Waals surface area contributed by atoms with Crippen LogP contribution in [-0.4, -0.2) is 49.0 Å². The second-order valence-corrected chi connectivity index (χ2v) is 13.2. The van der Waals surface area contributed by atoms with E-state index in [-0.39, 0.29) is 28.8 Å². The Morgan fingerprint density at radius 2 is 1.87 bits per heavy atom. The molecule has 0 spiro atoms. The number of piperidine rings is 1. The van der Waals surface area contributed by atoms with E-state index in [0.29, 0.717) is 23.0 Å². The van der Waals surface area contributed by atoms with Crippen molar-refractivity contribution < 1.29 is 27.1 Å². The molecule has 6 atom stereocenters. The zero-order valence-corrected chi connectivity index (χ0v) is 22.7. The molecule has 5 rings (SSSR count). The molecule has 0 radical (unpaired) electrons. The Balaban J connectivity index is 1.30. The van der Waals surface area contributed by atoms with Gasteiger partial charge in [0.2, 0.25) is 15.9 Å². The molecule has 3 fully saturated rings. The number of hydrogen-bond acceptors (Lipinski definition) is 6. The van der Waals surface area contributed by atoms with Crippen molar-refractivity contribution in [2.75, 3.05) is 0 Å². The summed E-state index contributed by atoms with van der Waals surface area (Å²) in [5.74, 6) is -0.198. The summed E-state index contributed by atoms with van der Waals surface area (Å²) in [5.41, 5.74) is 0.413. The van der Waals surface area contributed by atoms with Crippen LogP contribution in [0.25, 0.3) is 11.1 Å². The number of fused-ring (bicyclic) bond motifs is 5. The van der Waals surface area contributed by atoms with Gasteiger partial charge < -0.3 is 10.1 Å². The summed E-state index contributed by atoms with van der Waals surface area (Å²) in [6.45, 7) is 5.32. The first kappa shape index (κ1) is 27.1. The lowest BCUT2D eigenvalue weighted by Crippen LogP contribution is -2.56. The van der Waals surface area contributed by atoms with Gasteiger partial charge in [0.05, 0.1) is 11.0 Å². The van der Waals surface area contributed by atoms with E-state index in [0.717, 1.165) is 12.8 Å². The number of hydrogen-bond donors (Lipinski definition) is 2.